The number of para-hydroxylation sites is 1. The van der Waals surface area contributed by atoms with Crippen LogP contribution < -0.4 is 0 Å². The molecule has 0 aliphatic heterocycles. The molecule has 0 radical (unpaired) electrons. The number of nitrogens with zero attached hydrogens (tertiary/aromatic N) is 2. The van der Waals surface area contributed by atoms with Crippen LogP contribution in [0.2, 0.25) is 0 Å². The Hall–Kier alpha value is -1.90. The first-order valence-electron chi connectivity index (χ1n) is 4.43. The Morgan fingerprint density at radius 1 is 1.29 bits per heavy atom. The standard InChI is InChI=1S/C11H11N3/c1-9-10(7-12)8-14(13-9)11-5-3-2-4-6-11/h2-8,12H,1H3. The van der Waals surface area contributed by atoms with Crippen LogP contribution in [0.1, 0.15) is 11.3 Å². The summed E-state index contributed by atoms with van der Waals surface area (Å²) in [6.45, 7) is 1.90. The molecule has 1 aromatic heterocycles. The van der Waals surface area contributed by atoms with Crippen molar-refractivity contribution < 1.29 is 0 Å². The maximum Gasteiger partial charge on any atom is 0.0685 e. The summed E-state index contributed by atoms with van der Waals surface area (Å²) >= 11 is 0. The summed E-state index contributed by atoms with van der Waals surface area (Å²) < 4.78 is 1.79. The summed E-state index contributed by atoms with van der Waals surface area (Å²) in [5.74, 6) is 0. The van der Waals surface area contributed by atoms with Crippen molar-refractivity contribution in [2.24, 2.45) is 0 Å². The number of rotatable bonds is 2. The monoisotopic (exact) mass is 185 g/mol. The van der Waals surface area contributed by atoms with Gasteiger partial charge in [0.25, 0.3) is 0 Å². The van der Waals surface area contributed by atoms with Crippen LogP contribution in [-0.4, -0.2) is 16.0 Å². The lowest BCUT2D eigenvalue weighted by molar-refractivity contribution is 0.863. The van der Waals surface area contributed by atoms with Gasteiger partial charge in [-0.05, 0) is 19.1 Å². The summed E-state index contributed by atoms with van der Waals surface area (Å²) in [5, 5.41) is 11.5. The Labute approximate surface area is 82.5 Å². The molecule has 0 spiro atoms. The van der Waals surface area contributed by atoms with Crippen LogP contribution in [-0.2, 0) is 0 Å². The summed E-state index contributed by atoms with van der Waals surface area (Å²) in [4.78, 5) is 0. The van der Waals surface area contributed by atoms with Crippen LogP contribution in [0.15, 0.2) is 36.5 Å². The van der Waals surface area contributed by atoms with Gasteiger partial charge in [-0.1, -0.05) is 18.2 Å². The molecule has 3 heteroatoms. The molecule has 2 rings (SSSR count). The Bertz CT molecular complexity index is 443. The number of aromatic nitrogens is 2. The molecule has 0 fully saturated rings. The highest BCUT2D eigenvalue weighted by molar-refractivity contribution is 5.78. The fourth-order valence-corrected chi connectivity index (χ4v) is 1.33. The van der Waals surface area contributed by atoms with Crippen LogP contribution >= 0.6 is 0 Å². The molecule has 1 aromatic carbocycles. The molecular weight excluding hydrogens is 174 g/mol. The quantitative estimate of drug-likeness (QED) is 0.716. The van der Waals surface area contributed by atoms with Crippen LogP contribution in [0.4, 0.5) is 0 Å². The van der Waals surface area contributed by atoms with Gasteiger partial charge in [0, 0.05) is 18.0 Å². The van der Waals surface area contributed by atoms with E-state index in [0.29, 0.717) is 0 Å². The van der Waals surface area contributed by atoms with E-state index in [1.165, 1.54) is 6.21 Å². The molecule has 1 heterocycles. The minimum absolute atomic E-state index is 0.855. The molecule has 2 aromatic rings. The number of nitrogens with one attached hydrogen (secondary N) is 1. The molecule has 0 saturated carbocycles. The molecule has 0 atom stereocenters. The summed E-state index contributed by atoms with van der Waals surface area (Å²) in [6.07, 6.45) is 3.18. The summed E-state index contributed by atoms with van der Waals surface area (Å²) in [6, 6.07) is 9.88. The maximum atomic E-state index is 7.18. The topological polar surface area (TPSA) is 41.7 Å². The van der Waals surface area contributed by atoms with E-state index < -0.39 is 0 Å². The van der Waals surface area contributed by atoms with E-state index in [2.05, 4.69) is 5.10 Å². The SMILES string of the molecule is Cc1nn(-c2ccccc2)cc1C=N. The van der Waals surface area contributed by atoms with Crippen molar-refractivity contribution in [3.8, 4) is 5.69 Å². The molecule has 0 amide bonds. The number of hydrogen-bond acceptors (Lipinski definition) is 2. The smallest absolute Gasteiger partial charge is 0.0685 e. The van der Waals surface area contributed by atoms with Crippen molar-refractivity contribution in [2.75, 3.05) is 0 Å². The van der Waals surface area contributed by atoms with Crippen molar-refractivity contribution in [1.29, 1.82) is 5.41 Å². The van der Waals surface area contributed by atoms with Gasteiger partial charge in [-0.25, -0.2) is 4.68 Å². The second-order valence-electron chi connectivity index (χ2n) is 3.09. The van der Waals surface area contributed by atoms with Gasteiger partial charge in [0.05, 0.1) is 11.4 Å². The van der Waals surface area contributed by atoms with Gasteiger partial charge >= 0.3 is 0 Å². The van der Waals surface area contributed by atoms with Crippen LogP contribution in [0.25, 0.3) is 5.69 Å². The predicted octanol–water partition coefficient (Wildman–Crippen LogP) is 2.18. The second-order valence-corrected chi connectivity index (χ2v) is 3.09. The first-order chi connectivity index (χ1) is 6.81. The first kappa shape index (κ1) is 8.69. The van der Waals surface area contributed by atoms with Crippen molar-refractivity contribution in [3.63, 3.8) is 0 Å². The Balaban J connectivity index is 2.48. The minimum atomic E-state index is 0.855. The van der Waals surface area contributed by atoms with Crippen LogP contribution in [0.5, 0.6) is 0 Å². The zero-order valence-corrected chi connectivity index (χ0v) is 7.94. The van der Waals surface area contributed by atoms with E-state index in [1.54, 1.807) is 4.68 Å². The highest BCUT2D eigenvalue weighted by atomic mass is 15.3. The summed E-state index contributed by atoms with van der Waals surface area (Å²) in [7, 11) is 0. The molecule has 70 valence electrons. The molecular formula is C11H11N3. The largest absolute Gasteiger partial charge is 0.308 e. The molecule has 3 nitrogen and oxygen atoms in total. The fourth-order valence-electron chi connectivity index (χ4n) is 1.33. The van der Waals surface area contributed by atoms with Gasteiger partial charge in [-0.3, -0.25) is 0 Å². The van der Waals surface area contributed by atoms with Gasteiger partial charge in [0.15, 0.2) is 0 Å². The Morgan fingerprint density at radius 2 is 2.00 bits per heavy atom. The van der Waals surface area contributed by atoms with Gasteiger partial charge in [0.2, 0.25) is 0 Å². The molecule has 0 aliphatic rings. The normalized spacial score (nSPS) is 10.1. The molecule has 0 saturated heterocycles. The highest BCUT2D eigenvalue weighted by Crippen LogP contribution is 2.09. The van der Waals surface area contributed by atoms with E-state index in [9.17, 15) is 0 Å². The van der Waals surface area contributed by atoms with Gasteiger partial charge in [-0.2, -0.15) is 5.10 Å². The van der Waals surface area contributed by atoms with E-state index in [1.807, 2.05) is 43.5 Å². The molecule has 0 bridgehead atoms. The van der Waals surface area contributed by atoms with Gasteiger partial charge in [-0.15, -0.1) is 0 Å². The second kappa shape index (κ2) is 3.46. The third-order valence-electron chi connectivity index (χ3n) is 2.11. The molecule has 0 unspecified atom stereocenters. The van der Waals surface area contributed by atoms with Crippen LogP contribution in [0, 0.1) is 12.3 Å². The number of hydrogen-bond donors (Lipinski definition) is 1. The minimum Gasteiger partial charge on any atom is -0.308 e. The van der Waals surface area contributed by atoms with Gasteiger partial charge < -0.3 is 5.41 Å². The average Bonchev–Trinajstić information content (AvgIpc) is 2.61. The molecule has 0 aliphatic carbocycles. The number of aryl methyl sites for hydroxylation is 1. The molecule has 1 N–H and O–H groups in total. The Kier molecular flexibility index (Phi) is 2.14. The number of benzene rings is 1. The van der Waals surface area contributed by atoms with E-state index in [-0.39, 0.29) is 0 Å². The van der Waals surface area contributed by atoms with Crippen molar-refractivity contribution in [1.82, 2.24) is 9.78 Å². The maximum absolute atomic E-state index is 7.18. The zero-order chi connectivity index (χ0) is 9.97. The molecule has 14 heavy (non-hydrogen) atoms. The van der Waals surface area contributed by atoms with Gasteiger partial charge in [0.1, 0.15) is 0 Å². The van der Waals surface area contributed by atoms with Crippen molar-refractivity contribution in [3.05, 3.63) is 47.8 Å². The van der Waals surface area contributed by atoms with Crippen molar-refractivity contribution in [2.45, 2.75) is 6.92 Å². The van der Waals surface area contributed by atoms with Crippen LogP contribution in [0.3, 0.4) is 0 Å². The lowest BCUT2D eigenvalue weighted by Crippen LogP contribution is -1.93. The Morgan fingerprint density at radius 3 is 2.57 bits per heavy atom. The lowest BCUT2D eigenvalue weighted by atomic mass is 10.3. The zero-order valence-electron chi connectivity index (χ0n) is 7.94. The van der Waals surface area contributed by atoms with Crippen molar-refractivity contribution >= 4 is 6.21 Å². The van der Waals surface area contributed by atoms with E-state index >= 15 is 0 Å². The lowest BCUT2D eigenvalue weighted by Gasteiger charge is -1.98. The first-order valence-corrected chi connectivity index (χ1v) is 4.43. The third-order valence-corrected chi connectivity index (χ3v) is 2.11. The third kappa shape index (κ3) is 1.44. The fraction of sp³-hybridized carbons (Fsp3) is 0.0909. The highest BCUT2D eigenvalue weighted by Gasteiger charge is 2.02. The average molecular weight is 185 g/mol. The predicted molar refractivity (Wildman–Crippen MR) is 56.2 cm³/mol. The van der Waals surface area contributed by atoms with E-state index in [0.717, 1.165) is 16.9 Å². The van der Waals surface area contributed by atoms with E-state index in [4.69, 9.17) is 5.41 Å². The summed E-state index contributed by atoms with van der Waals surface area (Å²) in [5.41, 5.74) is 2.75.